The summed E-state index contributed by atoms with van der Waals surface area (Å²) >= 11 is 1.66. The molecule has 0 unspecified atom stereocenters. The number of nitrogens with zero attached hydrogens (tertiary/aromatic N) is 5. The average molecular weight is 495 g/mol. The third-order valence-electron chi connectivity index (χ3n) is 5.71. The number of aromatic nitrogens is 7. The van der Waals surface area contributed by atoms with E-state index in [9.17, 15) is 4.79 Å². The highest BCUT2D eigenvalue weighted by atomic mass is 32.1. The van der Waals surface area contributed by atoms with E-state index in [1.54, 1.807) is 29.9 Å². The Balaban J connectivity index is 1.38. The van der Waals surface area contributed by atoms with Gasteiger partial charge in [-0.3, -0.25) is 14.9 Å². The zero-order valence-corrected chi connectivity index (χ0v) is 20.4. The zero-order valence-electron chi connectivity index (χ0n) is 19.6. The Hall–Kier alpha value is -4.44. The first kappa shape index (κ1) is 22.1. The van der Waals surface area contributed by atoms with Gasteiger partial charge in [0.2, 0.25) is 5.91 Å². The molecule has 0 spiro atoms. The van der Waals surface area contributed by atoms with Gasteiger partial charge in [0.1, 0.15) is 11.0 Å². The van der Waals surface area contributed by atoms with Crippen LogP contribution in [0.2, 0.25) is 0 Å². The van der Waals surface area contributed by atoms with Gasteiger partial charge in [0.25, 0.3) is 0 Å². The summed E-state index contributed by atoms with van der Waals surface area (Å²) in [5.74, 6) is 0.828. The second kappa shape index (κ2) is 8.97. The number of fused-ring (bicyclic) bond motifs is 2. The molecule has 10 heteroatoms. The predicted molar refractivity (Wildman–Crippen MR) is 141 cm³/mol. The predicted octanol–water partition coefficient (Wildman–Crippen LogP) is 5.67. The number of rotatable bonds is 6. The van der Waals surface area contributed by atoms with E-state index >= 15 is 0 Å². The summed E-state index contributed by atoms with van der Waals surface area (Å²) in [7, 11) is 0. The first-order valence-corrected chi connectivity index (χ1v) is 12.4. The molecule has 0 aromatic carbocycles. The van der Waals surface area contributed by atoms with Gasteiger partial charge in [-0.25, -0.2) is 15.0 Å². The van der Waals surface area contributed by atoms with Gasteiger partial charge in [0.05, 0.1) is 23.1 Å². The van der Waals surface area contributed by atoms with Crippen molar-refractivity contribution in [2.45, 2.75) is 20.3 Å². The number of carbonyl (C=O) groups is 1. The van der Waals surface area contributed by atoms with E-state index in [4.69, 9.17) is 9.97 Å². The van der Waals surface area contributed by atoms with E-state index in [-0.39, 0.29) is 11.8 Å². The van der Waals surface area contributed by atoms with Crippen molar-refractivity contribution in [3.05, 3.63) is 60.4 Å². The van der Waals surface area contributed by atoms with E-state index in [1.165, 1.54) is 0 Å². The number of hydrogen-bond donors (Lipinski definition) is 3. The molecule has 178 valence electrons. The minimum absolute atomic E-state index is 0.0371. The normalized spacial score (nSPS) is 11.5. The highest BCUT2D eigenvalue weighted by Crippen LogP contribution is 2.33. The molecule has 0 bridgehead atoms. The van der Waals surface area contributed by atoms with Gasteiger partial charge in [-0.15, -0.1) is 11.3 Å². The maximum Gasteiger partial charge on any atom is 0.224 e. The first-order chi connectivity index (χ1) is 17.5. The number of nitrogens with one attached hydrogen (secondary N) is 3. The van der Waals surface area contributed by atoms with Crippen molar-refractivity contribution in [3.63, 3.8) is 0 Å². The van der Waals surface area contributed by atoms with E-state index < -0.39 is 0 Å². The monoisotopic (exact) mass is 494 g/mol. The zero-order chi connectivity index (χ0) is 24.6. The molecule has 0 aliphatic carbocycles. The number of anilines is 1. The fourth-order valence-electron chi connectivity index (χ4n) is 4.11. The number of imidazole rings is 1. The van der Waals surface area contributed by atoms with Crippen LogP contribution in [-0.2, 0) is 4.79 Å². The van der Waals surface area contributed by atoms with Crippen molar-refractivity contribution in [2.75, 3.05) is 5.32 Å². The molecule has 3 N–H and O–H groups in total. The Bertz CT molecular complexity index is 1700. The van der Waals surface area contributed by atoms with Gasteiger partial charge >= 0.3 is 0 Å². The number of amides is 1. The second-order valence-corrected chi connectivity index (χ2v) is 9.84. The SMILES string of the molecule is CC(C)CC(=O)Nc1cncc(-c2ccc3[nH]nc(-c4nc5c(-c6cccs6)ccnc5[nH]4)c3n2)c1. The summed E-state index contributed by atoms with van der Waals surface area (Å²) < 4.78 is 0. The molecule has 0 fully saturated rings. The van der Waals surface area contributed by atoms with Crippen LogP contribution in [0.15, 0.2) is 60.4 Å². The first-order valence-electron chi connectivity index (χ1n) is 11.5. The minimum atomic E-state index is -0.0371. The molecule has 9 nitrogen and oxygen atoms in total. The van der Waals surface area contributed by atoms with Crippen LogP contribution in [-0.4, -0.2) is 41.0 Å². The fraction of sp³-hybridized carbons (Fsp3) is 0.154. The summed E-state index contributed by atoms with van der Waals surface area (Å²) in [5.41, 5.74) is 6.72. The van der Waals surface area contributed by atoms with Crippen LogP contribution in [0.4, 0.5) is 5.69 Å². The van der Waals surface area contributed by atoms with Crippen LogP contribution < -0.4 is 5.32 Å². The lowest BCUT2D eigenvalue weighted by Gasteiger charge is -2.08. The van der Waals surface area contributed by atoms with Gasteiger partial charge < -0.3 is 10.3 Å². The van der Waals surface area contributed by atoms with Gasteiger partial charge in [-0.2, -0.15) is 5.10 Å². The van der Waals surface area contributed by atoms with Crippen molar-refractivity contribution < 1.29 is 4.79 Å². The van der Waals surface area contributed by atoms with E-state index in [1.807, 2.05) is 49.6 Å². The van der Waals surface area contributed by atoms with Crippen LogP contribution in [0.25, 0.3) is 55.4 Å². The van der Waals surface area contributed by atoms with Gasteiger partial charge in [0, 0.05) is 34.8 Å². The molecule has 6 aromatic rings. The molecule has 0 aliphatic rings. The highest BCUT2D eigenvalue weighted by Gasteiger charge is 2.18. The van der Waals surface area contributed by atoms with Gasteiger partial charge in [-0.05, 0) is 41.6 Å². The molecular weight excluding hydrogens is 472 g/mol. The summed E-state index contributed by atoms with van der Waals surface area (Å²) in [6.45, 7) is 4.02. The third-order valence-corrected chi connectivity index (χ3v) is 6.62. The summed E-state index contributed by atoms with van der Waals surface area (Å²) in [4.78, 5) is 35.1. The Kier molecular flexibility index (Phi) is 5.49. The lowest BCUT2D eigenvalue weighted by atomic mass is 10.1. The lowest BCUT2D eigenvalue weighted by molar-refractivity contribution is -0.116. The number of H-pyrrole nitrogens is 2. The van der Waals surface area contributed by atoms with E-state index in [0.717, 1.165) is 27.0 Å². The number of carbonyl (C=O) groups excluding carboxylic acids is 1. The van der Waals surface area contributed by atoms with Crippen molar-refractivity contribution in [1.82, 2.24) is 35.1 Å². The van der Waals surface area contributed by atoms with Crippen molar-refractivity contribution in [2.24, 2.45) is 5.92 Å². The van der Waals surface area contributed by atoms with Crippen LogP contribution in [0.1, 0.15) is 20.3 Å². The van der Waals surface area contributed by atoms with Gasteiger partial charge in [0.15, 0.2) is 17.2 Å². The maximum atomic E-state index is 12.2. The molecule has 36 heavy (non-hydrogen) atoms. The van der Waals surface area contributed by atoms with E-state index in [0.29, 0.717) is 40.5 Å². The molecule has 0 saturated heterocycles. The summed E-state index contributed by atoms with van der Waals surface area (Å²) in [6, 6.07) is 11.8. The summed E-state index contributed by atoms with van der Waals surface area (Å²) in [5, 5.41) is 12.5. The number of pyridine rings is 3. The van der Waals surface area contributed by atoms with Gasteiger partial charge in [-0.1, -0.05) is 19.9 Å². The molecule has 1 amide bonds. The molecule has 6 heterocycles. The quantitative estimate of drug-likeness (QED) is 0.274. The molecule has 0 saturated carbocycles. The Labute approximate surface area is 210 Å². The average Bonchev–Trinajstić information content (AvgIpc) is 3.62. The van der Waals surface area contributed by atoms with Crippen molar-refractivity contribution >= 4 is 45.1 Å². The lowest BCUT2D eigenvalue weighted by Crippen LogP contribution is -2.14. The molecule has 0 atom stereocenters. The topological polar surface area (TPSA) is 125 Å². The van der Waals surface area contributed by atoms with Crippen LogP contribution in [0.5, 0.6) is 0 Å². The largest absolute Gasteiger partial charge is 0.325 e. The molecular formula is C26H22N8OS. The molecule has 0 radical (unpaired) electrons. The molecule has 6 aromatic heterocycles. The van der Waals surface area contributed by atoms with Crippen LogP contribution in [0, 0.1) is 5.92 Å². The Morgan fingerprint density at radius 3 is 2.86 bits per heavy atom. The van der Waals surface area contributed by atoms with Crippen molar-refractivity contribution in [1.29, 1.82) is 0 Å². The van der Waals surface area contributed by atoms with Crippen molar-refractivity contribution in [3.8, 4) is 33.2 Å². The fourth-order valence-corrected chi connectivity index (χ4v) is 4.86. The standard InChI is InChI=1S/C26H22N8OS/c1-14(2)10-21(35)29-16-11-15(12-27-13-16)18-5-6-19-23(30-18)24(34-33-19)26-31-22-17(20-4-3-9-36-20)7-8-28-25(22)32-26/h3-9,11-14H,10H2,1-2H3,(H,29,35)(H,33,34)(H,28,31,32). The Morgan fingerprint density at radius 1 is 1.11 bits per heavy atom. The number of hydrogen-bond acceptors (Lipinski definition) is 7. The van der Waals surface area contributed by atoms with Crippen LogP contribution in [0.3, 0.4) is 0 Å². The smallest absolute Gasteiger partial charge is 0.224 e. The maximum absolute atomic E-state index is 12.2. The Morgan fingerprint density at radius 2 is 2.03 bits per heavy atom. The number of aromatic amines is 2. The second-order valence-electron chi connectivity index (χ2n) is 8.89. The van der Waals surface area contributed by atoms with E-state index in [2.05, 4.69) is 36.5 Å². The summed E-state index contributed by atoms with van der Waals surface area (Å²) in [6.07, 6.45) is 5.59. The molecule has 0 aliphatic heterocycles. The van der Waals surface area contributed by atoms with Crippen LogP contribution >= 0.6 is 11.3 Å². The third kappa shape index (κ3) is 4.11. The highest BCUT2D eigenvalue weighted by molar-refractivity contribution is 7.13. The number of thiophene rings is 1. The minimum Gasteiger partial charge on any atom is -0.325 e. The molecule has 6 rings (SSSR count).